The number of aliphatic hydroxyl groups is 3. The van der Waals surface area contributed by atoms with Crippen molar-refractivity contribution in [1.82, 2.24) is 19.1 Å². The second-order valence-corrected chi connectivity index (χ2v) is 16.0. The topological polar surface area (TPSA) is 217 Å². The molecule has 346 valence electrons. The van der Waals surface area contributed by atoms with Crippen molar-refractivity contribution in [2.45, 2.75) is 55.3 Å². The molecule has 16 heteroatoms. The molecule has 2 unspecified atom stereocenters. The number of aliphatic hydroxyl groups excluding tert-OH is 3. The van der Waals surface area contributed by atoms with Crippen molar-refractivity contribution in [2.75, 3.05) is 27.4 Å². The summed E-state index contributed by atoms with van der Waals surface area (Å²) in [6.07, 6.45) is -1.61. The van der Waals surface area contributed by atoms with Crippen LogP contribution in [0.25, 0.3) is 22.3 Å². The molecule has 0 radical (unpaired) electrons. The molecule has 9 rings (SSSR count). The largest absolute Gasteiger partial charge is 0.497 e. The summed E-state index contributed by atoms with van der Waals surface area (Å²) < 4.78 is 32.1. The van der Waals surface area contributed by atoms with Crippen LogP contribution < -0.4 is 32.0 Å². The maximum Gasteiger partial charge on any atom is 0.330 e. The van der Waals surface area contributed by atoms with E-state index in [4.69, 9.17) is 28.8 Å². The van der Waals surface area contributed by atoms with Crippen LogP contribution >= 0.6 is 0 Å². The number of ether oxygens (including phenoxy) is 5. The van der Waals surface area contributed by atoms with Gasteiger partial charge in [-0.15, -0.1) is 0 Å². The van der Waals surface area contributed by atoms with E-state index in [-0.39, 0.29) is 26.1 Å². The quantitative estimate of drug-likeness (QED) is 0.0994. The van der Waals surface area contributed by atoms with E-state index in [0.29, 0.717) is 33.8 Å². The lowest BCUT2D eigenvalue weighted by molar-refractivity contribution is -0.0944. The zero-order valence-corrected chi connectivity index (χ0v) is 36.6. The Morgan fingerprint density at radius 2 is 0.955 bits per heavy atom. The molecule has 0 saturated carbocycles. The monoisotopic (exact) mass is 910 g/mol. The van der Waals surface area contributed by atoms with Crippen LogP contribution in [0.15, 0.2) is 171 Å². The molecular weight excluding hydrogens is 861 g/mol. The van der Waals surface area contributed by atoms with Crippen LogP contribution in [0.1, 0.15) is 42.0 Å². The number of aromatic amines is 2. The van der Waals surface area contributed by atoms with Crippen LogP contribution in [0, 0.1) is 0 Å². The third-order valence-corrected chi connectivity index (χ3v) is 12.0. The minimum absolute atomic E-state index is 0.00569. The van der Waals surface area contributed by atoms with E-state index < -0.39 is 65.0 Å². The molecule has 7 aromatic rings. The van der Waals surface area contributed by atoms with Crippen LogP contribution in [0.4, 0.5) is 0 Å². The van der Waals surface area contributed by atoms with E-state index >= 15 is 0 Å². The van der Waals surface area contributed by atoms with Gasteiger partial charge in [0, 0.05) is 25.2 Å². The Labute approximate surface area is 383 Å². The van der Waals surface area contributed by atoms with Crippen molar-refractivity contribution in [3.63, 3.8) is 0 Å². The zero-order valence-electron chi connectivity index (χ0n) is 36.6. The van der Waals surface area contributed by atoms with Gasteiger partial charge in [-0.1, -0.05) is 115 Å². The van der Waals surface area contributed by atoms with Gasteiger partial charge < -0.3 is 39.0 Å². The maximum absolute atomic E-state index is 12.9. The van der Waals surface area contributed by atoms with Gasteiger partial charge in [0.2, 0.25) is 0 Å². The summed E-state index contributed by atoms with van der Waals surface area (Å²) >= 11 is 0. The van der Waals surface area contributed by atoms with Crippen molar-refractivity contribution in [1.29, 1.82) is 0 Å². The second kappa shape index (κ2) is 20.6. The Kier molecular flexibility index (Phi) is 14.2. The zero-order chi connectivity index (χ0) is 47.1. The molecule has 0 amide bonds. The van der Waals surface area contributed by atoms with Crippen molar-refractivity contribution in [3.05, 3.63) is 210 Å². The smallest absolute Gasteiger partial charge is 0.330 e. The number of aromatic nitrogens is 4. The first-order valence-electron chi connectivity index (χ1n) is 21.6. The molecule has 0 aliphatic carbocycles. The fraction of sp³-hybridized carbons (Fsp3) is 0.255. The van der Waals surface area contributed by atoms with Gasteiger partial charge in [-0.25, -0.2) is 9.59 Å². The van der Waals surface area contributed by atoms with Gasteiger partial charge in [0.15, 0.2) is 0 Å². The van der Waals surface area contributed by atoms with Gasteiger partial charge in [0.25, 0.3) is 11.1 Å². The Bertz CT molecular complexity index is 2930. The van der Waals surface area contributed by atoms with Crippen molar-refractivity contribution < 1.29 is 39.0 Å². The summed E-state index contributed by atoms with van der Waals surface area (Å²) in [7, 11) is 3.23. The van der Waals surface area contributed by atoms with Crippen LogP contribution in [0.3, 0.4) is 0 Å². The van der Waals surface area contributed by atoms with E-state index in [9.17, 15) is 29.4 Å². The van der Waals surface area contributed by atoms with E-state index in [1.165, 1.54) is 21.5 Å². The second-order valence-electron chi connectivity index (χ2n) is 16.0. The van der Waals surface area contributed by atoms with E-state index in [2.05, 4.69) is 9.97 Å². The minimum atomic E-state index is -1.10. The molecule has 0 bridgehead atoms. The molecule has 5 aromatic carbocycles. The summed E-state index contributed by atoms with van der Waals surface area (Å²) in [5.74, 6) is 1.41. The van der Waals surface area contributed by atoms with E-state index in [1.54, 1.807) is 50.6 Å². The predicted octanol–water partition coefficient (Wildman–Crippen LogP) is 4.72. The number of rotatable bonds is 13. The molecule has 4 heterocycles. The standard InChI is InChI=1S/C36H34N2O7.C15H16N2O5/c1-42-28-17-13-26(14-18-28)36(25-11-7-4-8-12-25,27-15-19-29(43-2)20-16-27)44-23-32-31(39)21-33(45-32)38-22-30(34(40)37-35(38)41)24-9-5-3-6-10-24;18-8-12-11(19)6-13(22-12)17-7-10(14(20)16-15(17)21)9-4-2-1-3-5-9/h3-20,22,31-33,39H,21,23H2,1-2H3,(H,37,40,41);1-5,7,11-13,18-19H,6,8H2,(H,16,20,21)/t31?,32-,33-;11?,12-,13-/m11/s1. The van der Waals surface area contributed by atoms with E-state index in [0.717, 1.165) is 16.7 Å². The highest BCUT2D eigenvalue weighted by Crippen LogP contribution is 2.43. The average molecular weight is 911 g/mol. The predicted molar refractivity (Wildman–Crippen MR) is 248 cm³/mol. The van der Waals surface area contributed by atoms with Crippen molar-refractivity contribution in [2.24, 2.45) is 0 Å². The van der Waals surface area contributed by atoms with Crippen LogP contribution in [-0.2, 0) is 19.8 Å². The molecule has 2 fully saturated rings. The van der Waals surface area contributed by atoms with Gasteiger partial charge in [0.05, 0.1) is 50.8 Å². The molecule has 2 saturated heterocycles. The first kappa shape index (κ1) is 46.4. The molecule has 2 aliphatic rings. The van der Waals surface area contributed by atoms with E-state index in [1.807, 2.05) is 103 Å². The lowest BCUT2D eigenvalue weighted by Gasteiger charge is -2.37. The average Bonchev–Trinajstić information content (AvgIpc) is 3.93. The fourth-order valence-electron chi connectivity index (χ4n) is 8.41. The first-order valence-corrected chi connectivity index (χ1v) is 21.6. The normalized spacial score (nSPS) is 20.2. The summed E-state index contributed by atoms with van der Waals surface area (Å²) in [6, 6.07) is 43.2. The Morgan fingerprint density at radius 3 is 1.36 bits per heavy atom. The Hall–Kier alpha value is -7.18. The maximum atomic E-state index is 12.9. The number of benzene rings is 5. The van der Waals surface area contributed by atoms with Gasteiger partial charge in [-0.05, 0) is 52.1 Å². The number of hydrogen-bond acceptors (Lipinski definition) is 12. The summed E-state index contributed by atoms with van der Waals surface area (Å²) in [6.45, 7) is -0.338. The van der Waals surface area contributed by atoms with Crippen molar-refractivity contribution in [3.8, 4) is 33.8 Å². The molecule has 16 nitrogen and oxygen atoms in total. The minimum Gasteiger partial charge on any atom is -0.497 e. The molecule has 2 aromatic heterocycles. The molecular formula is C51H50N4O12. The van der Waals surface area contributed by atoms with Gasteiger partial charge in [-0.2, -0.15) is 0 Å². The van der Waals surface area contributed by atoms with Gasteiger partial charge in [-0.3, -0.25) is 28.7 Å². The third-order valence-electron chi connectivity index (χ3n) is 12.0. The summed E-state index contributed by atoms with van der Waals surface area (Å²) in [5, 5.41) is 30.1. The SMILES string of the molecule is COc1ccc(C(OC[C@H]2O[C@@H](n3cc(-c4ccccc4)c(=O)[nH]c3=O)CC2O)(c2ccccc2)c2ccc(OC)cc2)cc1.O=c1[nH]c(=O)n([C@H]2CC(O)[C@@H](CO)O2)cc1-c1ccccc1. The summed E-state index contributed by atoms with van der Waals surface area (Å²) in [5.41, 5.74) is 1.25. The number of nitrogens with zero attached hydrogens (tertiary/aromatic N) is 2. The van der Waals surface area contributed by atoms with Gasteiger partial charge >= 0.3 is 11.4 Å². The highest BCUT2D eigenvalue weighted by atomic mass is 16.6. The third kappa shape index (κ3) is 9.85. The van der Waals surface area contributed by atoms with Gasteiger partial charge in [0.1, 0.15) is 41.8 Å². The molecule has 6 atom stereocenters. The fourth-order valence-corrected chi connectivity index (χ4v) is 8.41. The Balaban J connectivity index is 0.000000231. The van der Waals surface area contributed by atoms with Crippen LogP contribution in [0.2, 0.25) is 0 Å². The molecule has 0 spiro atoms. The first-order chi connectivity index (χ1) is 32.5. The van der Waals surface area contributed by atoms with Crippen LogP contribution in [-0.4, -0.2) is 86.3 Å². The number of hydrogen-bond donors (Lipinski definition) is 5. The molecule has 67 heavy (non-hydrogen) atoms. The molecule has 5 N–H and O–H groups in total. The number of methoxy groups -OCH3 is 2. The lowest BCUT2D eigenvalue weighted by atomic mass is 9.80. The Morgan fingerprint density at radius 1 is 0.567 bits per heavy atom. The highest BCUT2D eigenvalue weighted by Gasteiger charge is 2.42. The van der Waals surface area contributed by atoms with Crippen molar-refractivity contribution >= 4 is 0 Å². The number of H-pyrrole nitrogens is 2. The number of nitrogens with one attached hydrogen (secondary N) is 2. The molecule has 2 aliphatic heterocycles. The summed E-state index contributed by atoms with van der Waals surface area (Å²) in [4.78, 5) is 54.2. The van der Waals surface area contributed by atoms with Crippen LogP contribution in [0.5, 0.6) is 11.5 Å². The highest BCUT2D eigenvalue weighted by molar-refractivity contribution is 5.62. The lowest BCUT2D eigenvalue weighted by Crippen LogP contribution is -2.38.